The lowest BCUT2D eigenvalue weighted by atomic mass is 10.1. The van der Waals surface area contributed by atoms with E-state index in [9.17, 15) is 9.18 Å². The van der Waals surface area contributed by atoms with E-state index >= 15 is 0 Å². The number of carbonyl (C=O) groups is 1. The summed E-state index contributed by atoms with van der Waals surface area (Å²) in [4.78, 5) is 10.7. The molecule has 2 rings (SSSR count). The lowest BCUT2D eigenvalue weighted by molar-refractivity contribution is 0.0693. The Kier molecular flexibility index (Phi) is 1.69. The van der Waals surface area contributed by atoms with Crippen LogP contribution in [0.1, 0.15) is 15.9 Å². The summed E-state index contributed by atoms with van der Waals surface area (Å²) in [5, 5.41) is 8.74. The summed E-state index contributed by atoms with van der Waals surface area (Å²) in [5.41, 5.74) is 0.411. The molecule has 0 saturated carbocycles. The molecule has 0 fully saturated rings. The highest BCUT2D eigenvalue weighted by molar-refractivity contribution is 5.91. The Hall–Kier alpha value is -1.58. The zero-order chi connectivity index (χ0) is 9.42. The summed E-state index contributed by atoms with van der Waals surface area (Å²) in [6.45, 7) is 0.358. The van der Waals surface area contributed by atoms with Crippen molar-refractivity contribution in [3.05, 3.63) is 29.1 Å². The van der Waals surface area contributed by atoms with Gasteiger partial charge in [0.2, 0.25) is 0 Å². The summed E-state index contributed by atoms with van der Waals surface area (Å²) >= 11 is 0. The minimum absolute atomic E-state index is 0.0360. The molecule has 1 heterocycles. The molecule has 4 heteroatoms. The van der Waals surface area contributed by atoms with E-state index in [-0.39, 0.29) is 11.3 Å². The first-order chi connectivity index (χ1) is 6.20. The molecule has 0 amide bonds. The molecule has 1 aliphatic rings. The van der Waals surface area contributed by atoms with E-state index < -0.39 is 11.8 Å². The van der Waals surface area contributed by atoms with Crippen LogP contribution in [0, 0.1) is 5.82 Å². The second kappa shape index (κ2) is 2.73. The van der Waals surface area contributed by atoms with Crippen molar-refractivity contribution in [1.29, 1.82) is 0 Å². The van der Waals surface area contributed by atoms with Gasteiger partial charge in [-0.2, -0.15) is 0 Å². The quantitative estimate of drug-likeness (QED) is 0.715. The Bertz CT molecular complexity index is 373. The zero-order valence-electron chi connectivity index (χ0n) is 6.71. The second-order valence-corrected chi connectivity index (χ2v) is 2.81. The van der Waals surface area contributed by atoms with Crippen molar-refractivity contribution in [1.82, 2.24) is 0 Å². The first-order valence-corrected chi connectivity index (χ1v) is 3.87. The van der Waals surface area contributed by atoms with Crippen molar-refractivity contribution >= 4 is 5.97 Å². The van der Waals surface area contributed by atoms with Crippen LogP contribution in [-0.4, -0.2) is 17.7 Å². The van der Waals surface area contributed by atoms with Gasteiger partial charge in [0.05, 0.1) is 6.61 Å². The fourth-order valence-corrected chi connectivity index (χ4v) is 1.43. The number of hydrogen-bond donors (Lipinski definition) is 1. The van der Waals surface area contributed by atoms with Gasteiger partial charge in [-0.05, 0) is 12.1 Å². The SMILES string of the molecule is O=C(O)c1ccc(F)c2c1OCC2. The van der Waals surface area contributed by atoms with Crippen LogP contribution in [0.4, 0.5) is 4.39 Å². The van der Waals surface area contributed by atoms with Gasteiger partial charge in [0.15, 0.2) is 0 Å². The third-order valence-corrected chi connectivity index (χ3v) is 2.03. The van der Waals surface area contributed by atoms with Crippen LogP contribution in [0.3, 0.4) is 0 Å². The maximum atomic E-state index is 13.1. The van der Waals surface area contributed by atoms with Gasteiger partial charge in [-0.15, -0.1) is 0 Å². The van der Waals surface area contributed by atoms with Gasteiger partial charge in [0.25, 0.3) is 0 Å². The second-order valence-electron chi connectivity index (χ2n) is 2.81. The molecular weight excluding hydrogens is 175 g/mol. The molecule has 0 radical (unpaired) electrons. The Labute approximate surface area is 73.8 Å². The molecule has 3 nitrogen and oxygen atoms in total. The number of ether oxygens (including phenoxy) is 1. The van der Waals surface area contributed by atoms with E-state index in [0.29, 0.717) is 18.6 Å². The Morgan fingerprint density at radius 3 is 3.00 bits per heavy atom. The lowest BCUT2D eigenvalue weighted by Gasteiger charge is -2.03. The Morgan fingerprint density at radius 1 is 1.54 bits per heavy atom. The van der Waals surface area contributed by atoms with Crippen LogP contribution >= 0.6 is 0 Å². The van der Waals surface area contributed by atoms with E-state index in [4.69, 9.17) is 9.84 Å². The minimum Gasteiger partial charge on any atom is -0.492 e. The maximum Gasteiger partial charge on any atom is 0.339 e. The average Bonchev–Trinajstić information content (AvgIpc) is 2.53. The highest BCUT2D eigenvalue weighted by Crippen LogP contribution is 2.31. The number of carboxylic acid groups (broad SMARTS) is 1. The number of halogens is 1. The first-order valence-electron chi connectivity index (χ1n) is 3.87. The van der Waals surface area contributed by atoms with Crippen LogP contribution in [0.25, 0.3) is 0 Å². The number of hydrogen-bond acceptors (Lipinski definition) is 2. The maximum absolute atomic E-state index is 13.1. The molecule has 1 N–H and O–H groups in total. The Morgan fingerprint density at radius 2 is 2.31 bits per heavy atom. The molecule has 13 heavy (non-hydrogen) atoms. The van der Waals surface area contributed by atoms with Gasteiger partial charge in [0.1, 0.15) is 17.1 Å². The third kappa shape index (κ3) is 1.14. The molecule has 0 atom stereocenters. The van der Waals surface area contributed by atoms with Crippen LogP contribution in [0.5, 0.6) is 5.75 Å². The predicted octanol–water partition coefficient (Wildman–Crippen LogP) is 1.46. The topological polar surface area (TPSA) is 46.5 Å². The molecule has 1 aliphatic heterocycles. The van der Waals surface area contributed by atoms with Crippen LogP contribution in [0.15, 0.2) is 12.1 Å². The van der Waals surface area contributed by atoms with Gasteiger partial charge in [-0.25, -0.2) is 9.18 Å². The van der Waals surface area contributed by atoms with Crippen molar-refractivity contribution in [2.75, 3.05) is 6.61 Å². The molecule has 0 bridgehead atoms. The summed E-state index contributed by atoms with van der Waals surface area (Å²) in [6.07, 6.45) is 0.447. The lowest BCUT2D eigenvalue weighted by Crippen LogP contribution is -2.00. The number of rotatable bonds is 1. The van der Waals surface area contributed by atoms with Crippen molar-refractivity contribution in [2.45, 2.75) is 6.42 Å². The molecule has 1 aromatic carbocycles. The van der Waals surface area contributed by atoms with Gasteiger partial charge >= 0.3 is 5.97 Å². The predicted molar refractivity (Wildman–Crippen MR) is 42.6 cm³/mol. The number of fused-ring (bicyclic) bond motifs is 1. The molecule has 0 unspecified atom stereocenters. The van der Waals surface area contributed by atoms with Crippen molar-refractivity contribution in [2.24, 2.45) is 0 Å². The molecule has 0 saturated heterocycles. The molecule has 0 aliphatic carbocycles. The van der Waals surface area contributed by atoms with Crippen LogP contribution in [-0.2, 0) is 6.42 Å². The fraction of sp³-hybridized carbons (Fsp3) is 0.222. The molecule has 0 aromatic heterocycles. The summed E-state index contributed by atoms with van der Waals surface area (Å²) in [5.74, 6) is -1.29. The van der Waals surface area contributed by atoms with E-state index in [1.807, 2.05) is 0 Å². The summed E-state index contributed by atoms with van der Waals surface area (Å²) in [7, 11) is 0. The smallest absolute Gasteiger partial charge is 0.339 e. The van der Waals surface area contributed by atoms with Crippen molar-refractivity contribution in [3.8, 4) is 5.75 Å². The zero-order valence-corrected chi connectivity index (χ0v) is 6.71. The summed E-state index contributed by atoms with van der Waals surface area (Å²) < 4.78 is 18.1. The van der Waals surface area contributed by atoms with E-state index in [1.54, 1.807) is 0 Å². The molecular formula is C9H7FO3. The molecule has 0 spiro atoms. The average molecular weight is 182 g/mol. The first kappa shape index (κ1) is 8.04. The number of carboxylic acids is 1. The Balaban J connectivity index is 2.62. The van der Waals surface area contributed by atoms with Crippen LogP contribution < -0.4 is 4.74 Å². The summed E-state index contributed by atoms with van der Waals surface area (Å²) in [6, 6.07) is 2.39. The number of aromatic carboxylic acids is 1. The van der Waals surface area contributed by atoms with Gasteiger partial charge in [-0.3, -0.25) is 0 Å². The van der Waals surface area contributed by atoms with E-state index in [1.165, 1.54) is 6.07 Å². The van der Waals surface area contributed by atoms with E-state index in [2.05, 4.69) is 0 Å². The monoisotopic (exact) mass is 182 g/mol. The fourth-order valence-electron chi connectivity index (χ4n) is 1.43. The highest BCUT2D eigenvalue weighted by atomic mass is 19.1. The van der Waals surface area contributed by atoms with Crippen molar-refractivity contribution in [3.63, 3.8) is 0 Å². The number of benzene rings is 1. The van der Waals surface area contributed by atoms with Crippen LogP contribution in [0.2, 0.25) is 0 Å². The normalized spacial score (nSPS) is 13.6. The van der Waals surface area contributed by atoms with Crippen molar-refractivity contribution < 1.29 is 19.0 Å². The standard InChI is InChI=1S/C9H7FO3/c10-7-2-1-6(9(11)12)8-5(7)3-4-13-8/h1-2H,3-4H2,(H,11,12). The van der Waals surface area contributed by atoms with Gasteiger partial charge < -0.3 is 9.84 Å². The largest absolute Gasteiger partial charge is 0.492 e. The third-order valence-electron chi connectivity index (χ3n) is 2.03. The highest BCUT2D eigenvalue weighted by Gasteiger charge is 2.23. The molecule has 1 aromatic rings. The van der Waals surface area contributed by atoms with Gasteiger partial charge in [-0.1, -0.05) is 0 Å². The molecule has 68 valence electrons. The minimum atomic E-state index is -1.09. The van der Waals surface area contributed by atoms with E-state index in [0.717, 1.165) is 6.07 Å². The van der Waals surface area contributed by atoms with Gasteiger partial charge in [0, 0.05) is 12.0 Å².